The van der Waals surface area contributed by atoms with Gasteiger partial charge in [-0.15, -0.1) is 0 Å². The summed E-state index contributed by atoms with van der Waals surface area (Å²) in [6.45, 7) is 1.63. The Bertz CT molecular complexity index is 903. The van der Waals surface area contributed by atoms with Gasteiger partial charge in [0, 0.05) is 37.5 Å². The maximum Gasteiger partial charge on any atom is 0.196 e. The molecule has 3 N–H and O–H groups in total. The molecule has 0 amide bonds. The number of carbonyl (C=O) groups is 2. The highest BCUT2D eigenvalue weighted by molar-refractivity contribution is 6.32. The molecule has 0 radical (unpaired) electrons. The number of anilines is 3. The molecule has 6 nitrogen and oxygen atoms in total. The van der Waals surface area contributed by atoms with Gasteiger partial charge >= 0.3 is 0 Å². The van der Waals surface area contributed by atoms with Crippen LogP contribution in [0.4, 0.5) is 17.1 Å². The summed E-state index contributed by atoms with van der Waals surface area (Å²) in [6, 6.07) is 8.79. The lowest BCUT2D eigenvalue weighted by Crippen LogP contribution is -2.26. The van der Waals surface area contributed by atoms with E-state index in [0.29, 0.717) is 40.2 Å². The first-order chi connectivity index (χ1) is 12.8. The fraction of sp³-hybridized carbons (Fsp3) is 0.333. The molecule has 0 atom stereocenters. The molecular formula is C21H26N4O2. The fourth-order valence-electron chi connectivity index (χ4n) is 3.43. The Morgan fingerprint density at radius 2 is 1.56 bits per heavy atom. The normalized spacial score (nSPS) is 12.8. The van der Waals surface area contributed by atoms with Crippen LogP contribution in [0, 0.1) is 0 Å². The van der Waals surface area contributed by atoms with E-state index in [1.807, 2.05) is 39.2 Å². The van der Waals surface area contributed by atoms with Gasteiger partial charge in [0.1, 0.15) is 0 Å². The third-order valence-corrected chi connectivity index (χ3v) is 4.80. The summed E-state index contributed by atoms with van der Waals surface area (Å²) in [7, 11) is 7.79. The number of hydrogen-bond donors (Lipinski definition) is 2. The summed E-state index contributed by atoms with van der Waals surface area (Å²) in [4.78, 5) is 30.3. The van der Waals surface area contributed by atoms with Gasteiger partial charge in [0.2, 0.25) is 0 Å². The zero-order valence-corrected chi connectivity index (χ0v) is 16.3. The molecule has 0 aromatic heterocycles. The van der Waals surface area contributed by atoms with Crippen molar-refractivity contribution in [1.29, 1.82) is 0 Å². The van der Waals surface area contributed by atoms with E-state index in [9.17, 15) is 9.59 Å². The number of nitrogens with two attached hydrogens (primary N) is 1. The van der Waals surface area contributed by atoms with E-state index in [4.69, 9.17) is 5.73 Å². The van der Waals surface area contributed by atoms with Crippen molar-refractivity contribution in [3.05, 3.63) is 52.6 Å². The van der Waals surface area contributed by atoms with Gasteiger partial charge in [0.05, 0.1) is 22.5 Å². The van der Waals surface area contributed by atoms with Crippen LogP contribution >= 0.6 is 0 Å². The van der Waals surface area contributed by atoms with Crippen LogP contribution in [-0.4, -0.2) is 57.7 Å². The Labute approximate surface area is 159 Å². The lowest BCUT2D eigenvalue weighted by molar-refractivity contribution is 0.0980. The number of rotatable bonds is 6. The Morgan fingerprint density at radius 3 is 2.11 bits per heavy atom. The van der Waals surface area contributed by atoms with Crippen molar-refractivity contribution in [2.24, 2.45) is 0 Å². The van der Waals surface area contributed by atoms with Crippen LogP contribution in [0.25, 0.3) is 0 Å². The highest BCUT2D eigenvalue weighted by atomic mass is 16.1. The Balaban J connectivity index is 2.11. The predicted octanol–water partition coefficient (Wildman–Crippen LogP) is 2.47. The Morgan fingerprint density at radius 1 is 0.963 bits per heavy atom. The lowest BCUT2D eigenvalue weighted by Gasteiger charge is -2.26. The molecule has 142 valence electrons. The summed E-state index contributed by atoms with van der Waals surface area (Å²) in [5.74, 6) is -0.356. The molecule has 1 aliphatic rings. The van der Waals surface area contributed by atoms with Crippen LogP contribution < -0.4 is 16.0 Å². The molecule has 0 heterocycles. The maximum atomic E-state index is 13.2. The fourth-order valence-corrected chi connectivity index (χ4v) is 3.43. The van der Waals surface area contributed by atoms with Gasteiger partial charge in [-0.05, 0) is 33.1 Å². The average molecular weight is 366 g/mol. The number of nitrogens with zero attached hydrogens (tertiary/aromatic N) is 2. The van der Waals surface area contributed by atoms with Gasteiger partial charge in [-0.25, -0.2) is 0 Å². The van der Waals surface area contributed by atoms with Crippen LogP contribution in [0.5, 0.6) is 0 Å². The molecule has 0 unspecified atom stereocenters. The third kappa shape index (κ3) is 3.40. The summed E-state index contributed by atoms with van der Waals surface area (Å²) in [5.41, 5.74) is 9.60. The monoisotopic (exact) mass is 366 g/mol. The molecule has 6 heteroatoms. The Hall–Kier alpha value is -2.86. The second kappa shape index (κ2) is 7.40. The number of fused-ring (bicyclic) bond motifs is 2. The molecule has 0 fully saturated rings. The zero-order chi connectivity index (χ0) is 19.7. The van der Waals surface area contributed by atoms with Gasteiger partial charge in [0.25, 0.3) is 0 Å². The molecule has 0 bridgehead atoms. The molecule has 27 heavy (non-hydrogen) atoms. The summed E-state index contributed by atoms with van der Waals surface area (Å²) >= 11 is 0. The second-order valence-electron chi connectivity index (χ2n) is 7.29. The summed E-state index contributed by atoms with van der Waals surface area (Å²) in [5, 5.41) is 3.35. The molecule has 2 aromatic rings. The van der Waals surface area contributed by atoms with Crippen molar-refractivity contribution in [3.8, 4) is 0 Å². The second-order valence-corrected chi connectivity index (χ2v) is 7.29. The van der Waals surface area contributed by atoms with Gasteiger partial charge < -0.3 is 20.9 Å². The van der Waals surface area contributed by atoms with E-state index in [2.05, 4.69) is 10.2 Å². The topological polar surface area (TPSA) is 78.7 Å². The maximum absolute atomic E-state index is 13.2. The van der Waals surface area contributed by atoms with Gasteiger partial charge in [-0.2, -0.15) is 0 Å². The van der Waals surface area contributed by atoms with E-state index in [-0.39, 0.29) is 11.6 Å². The first-order valence-electron chi connectivity index (χ1n) is 9.03. The van der Waals surface area contributed by atoms with Crippen molar-refractivity contribution in [2.75, 3.05) is 57.2 Å². The minimum absolute atomic E-state index is 0.160. The predicted molar refractivity (Wildman–Crippen MR) is 110 cm³/mol. The number of hydrogen-bond acceptors (Lipinski definition) is 6. The van der Waals surface area contributed by atoms with Crippen molar-refractivity contribution in [3.63, 3.8) is 0 Å². The van der Waals surface area contributed by atoms with E-state index in [0.717, 1.165) is 18.7 Å². The van der Waals surface area contributed by atoms with Gasteiger partial charge in [-0.3, -0.25) is 9.59 Å². The van der Waals surface area contributed by atoms with E-state index >= 15 is 0 Å². The largest absolute Gasteiger partial charge is 0.396 e. The molecule has 0 aliphatic heterocycles. The molecular weight excluding hydrogens is 340 g/mol. The molecule has 1 aliphatic carbocycles. The lowest BCUT2D eigenvalue weighted by atomic mass is 9.82. The minimum Gasteiger partial charge on any atom is -0.396 e. The van der Waals surface area contributed by atoms with E-state index in [1.54, 1.807) is 24.3 Å². The summed E-state index contributed by atoms with van der Waals surface area (Å²) < 4.78 is 0. The molecule has 0 spiro atoms. The summed E-state index contributed by atoms with van der Waals surface area (Å²) in [6.07, 6.45) is 0.919. The number of nitrogens with one attached hydrogen (secondary N) is 1. The zero-order valence-electron chi connectivity index (χ0n) is 16.3. The molecule has 3 rings (SSSR count). The van der Waals surface area contributed by atoms with E-state index < -0.39 is 0 Å². The van der Waals surface area contributed by atoms with Crippen LogP contribution in [0.3, 0.4) is 0 Å². The van der Waals surface area contributed by atoms with Crippen LogP contribution in [0.2, 0.25) is 0 Å². The van der Waals surface area contributed by atoms with Crippen LogP contribution in [-0.2, 0) is 0 Å². The van der Waals surface area contributed by atoms with Gasteiger partial charge in [0.15, 0.2) is 11.6 Å². The minimum atomic E-state index is -0.197. The van der Waals surface area contributed by atoms with Crippen molar-refractivity contribution in [1.82, 2.24) is 4.90 Å². The van der Waals surface area contributed by atoms with Gasteiger partial charge in [-0.1, -0.05) is 24.3 Å². The molecule has 0 saturated heterocycles. The standard InChI is InChI=1S/C21H26N4O2/c1-24(2)11-7-10-23-15-12-16(25(3)4)19(22)18-17(15)20(26)13-8-5-6-9-14(13)21(18)27/h5-6,8-9,12,23H,7,10-11,22H2,1-4H3. The highest BCUT2D eigenvalue weighted by Gasteiger charge is 2.34. The number of carbonyl (C=O) groups excluding carboxylic acids is 2. The van der Waals surface area contributed by atoms with Crippen LogP contribution in [0.1, 0.15) is 38.3 Å². The number of nitrogen functional groups attached to an aromatic ring is 1. The number of benzene rings is 2. The first kappa shape index (κ1) is 18.9. The van der Waals surface area contributed by atoms with Crippen LogP contribution in [0.15, 0.2) is 30.3 Å². The third-order valence-electron chi connectivity index (χ3n) is 4.80. The highest BCUT2D eigenvalue weighted by Crippen LogP contribution is 2.40. The quantitative estimate of drug-likeness (QED) is 0.515. The molecule has 0 saturated carbocycles. The van der Waals surface area contributed by atoms with Crippen molar-refractivity contribution < 1.29 is 9.59 Å². The smallest absolute Gasteiger partial charge is 0.196 e. The Kier molecular flexibility index (Phi) is 5.19. The average Bonchev–Trinajstić information content (AvgIpc) is 2.63. The van der Waals surface area contributed by atoms with Crippen molar-refractivity contribution in [2.45, 2.75) is 6.42 Å². The van der Waals surface area contributed by atoms with Crippen molar-refractivity contribution >= 4 is 28.6 Å². The first-order valence-corrected chi connectivity index (χ1v) is 9.03. The molecule has 2 aromatic carbocycles. The SMILES string of the molecule is CN(C)CCCNc1cc(N(C)C)c(N)c2c1C(=O)c1ccccc1C2=O. The van der Waals surface area contributed by atoms with E-state index in [1.165, 1.54) is 0 Å². The number of ketones is 2.